The van der Waals surface area contributed by atoms with E-state index in [1.54, 1.807) is 6.33 Å². The van der Waals surface area contributed by atoms with Crippen LogP contribution < -0.4 is 10.1 Å². The molecule has 0 aliphatic carbocycles. The molecule has 0 radical (unpaired) electrons. The molecule has 1 fully saturated rings. The zero-order valence-electron chi connectivity index (χ0n) is 19.7. The maximum atomic E-state index is 12.3. The average molecular weight is 469 g/mol. The molecule has 35 heavy (non-hydrogen) atoms. The van der Waals surface area contributed by atoms with Crippen molar-refractivity contribution >= 4 is 22.8 Å². The van der Waals surface area contributed by atoms with Gasteiger partial charge in [0.25, 0.3) is 0 Å². The molecular weight excluding hydrogens is 440 g/mol. The molecule has 2 aromatic heterocycles. The van der Waals surface area contributed by atoms with Crippen molar-refractivity contribution in [2.24, 2.45) is 0 Å². The molecule has 0 saturated carbocycles. The molecule has 8 heteroatoms. The molecule has 0 bridgehead atoms. The Bertz CT molecular complexity index is 1330. The van der Waals surface area contributed by atoms with E-state index in [2.05, 4.69) is 21.9 Å². The van der Waals surface area contributed by atoms with Crippen molar-refractivity contribution in [1.82, 2.24) is 24.6 Å². The molecule has 1 atom stereocenters. The first kappa shape index (κ1) is 22.6. The molecule has 1 aliphatic heterocycles. The van der Waals surface area contributed by atoms with E-state index in [-0.39, 0.29) is 11.9 Å². The number of para-hydroxylation sites is 1. The molecule has 4 aromatic rings. The molecule has 8 nitrogen and oxygen atoms in total. The number of rotatable bonds is 7. The summed E-state index contributed by atoms with van der Waals surface area (Å²) < 4.78 is 7.92. The summed E-state index contributed by atoms with van der Waals surface area (Å²) >= 11 is 0. The van der Waals surface area contributed by atoms with E-state index in [9.17, 15) is 4.79 Å². The van der Waals surface area contributed by atoms with Crippen molar-refractivity contribution in [1.29, 1.82) is 0 Å². The van der Waals surface area contributed by atoms with Gasteiger partial charge in [0.1, 0.15) is 29.3 Å². The Morgan fingerprint density at radius 2 is 1.91 bits per heavy atom. The fraction of sp³-hybridized carbons (Fsp3) is 0.259. The Labute approximate surface area is 204 Å². The van der Waals surface area contributed by atoms with Crippen LogP contribution in [0.2, 0.25) is 0 Å². The number of fused-ring (bicyclic) bond motifs is 1. The number of hydrogen-bond acceptors (Lipinski definition) is 6. The maximum absolute atomic E-state index is 12.3. The minimum Gasteiger partial charge on any atom is -0.457 e. The average Bonchev–Trinajstić information content (AvgIpc) is 3.30. The number of hydrogen-bond donors (Lipinski definition) is 1. The zero-order chi connectivity index (χ0) is 24.2. The van der Waals surface area contributed by atoms with E-state index >= 15 is 0 Å². The lowest BCUT2D eigenvalue weighted by molar-refractivity contribution is -0.127. The highest BCUT2D eigenvalue weighted by molar-refractivity contribution is 5.99. The van der Waals surface area contributed by atoms with Gasteiger partial charge in [-0.3, -0.25) is 4.79 Å². The lowest BCUT2D eigenvalue weighted by Gasteiger charge is -2.32. The lowest BCUT2D eigenvalue weighted by Crippen LogP contribution is -2.40. The third kappa shape index (κ3) is 4.59. The van der Waals surface area contributed by atoms with Gasteiger partial charge in [-0.25, -0.2) is 14.6 Å². The third-order valence-electron chi connectivity index (χ3n) is 6.17. The predicted molar refractivity (Wildman–Crippen MR) is 136 cm³/mol. The van der Waals surface area contributed by atoms with Gasteiger partial charge in [0.05, 0.1) is 11.4 Å². The van der Waals surface area contributed by atoms with E-state index in [4.69, 9.17) is 9.84 Å². The van der Waals surface area contributed by atoms with Crippen molar-refractivity contribution in [3.05, 3.63) is 73.6 Å². The summed E-state index contributed by atoms with van der Waals surface area (Å²) in [6, 6.07) is 17.6. The first-order valence-corrected chi connectivity index (χ1v) is 11.9. The van der Waals surface area contributed by atoms with Crippen LogP contribution in [0, 0.1) is 0 Å². The van der Waals surface area contributed by atoms with Crippen molar-refractivity contribution < 1.29 is 9.53 Å². The van der Waals surface area contributed by atoms with Crippen molar-refractivity contribution in [2.45, 2.75) is 25.8 Å². The monoisotopic (exact) mass is 468 g/mol. The molecule has 1 N–H and O–H groups in total. The second-order valence-electron chi connectivity index (χ2n) is 8.47. The Hall–Kier alpha value is -4.20. The van der Waals surface area contributed by atoms with Gasteiger partial charge in [-0.2, -0.15) is 5.10 Å². The Morgan fingerprint density at radius 1 is 1.14 bits per heavy atom. The van der Waals surface area contributed by atoms with Gasteiger partial charge in [-0.1, -0.05) is 24.8 Å². The van der Waals surface area contributed by atoms with E-state index in [0.717, 1.165) is 65.5 Å². The number of likely N-dealkylation sites (tertiary alicyclic amines) is 1. The van der Waals surface area contributed by atoms with Crippen LogP contribution in [0.1, 0.15) is 25.8 Å². The highest BCUT2D eigenvalue weighted by Gasteiger charge is 2.28. The Balaban J connectivity index is 1.54. The molecule has 1 amide bonds. The smallest absolute Gasteiger partial charge is 0.246 e. The number of aromatic nitrogens is 4. The molecular formula is C27H28N6O2. The number of anilines is 1. The van der Waals surface area contributed by atoms with Gasteiger partial charge in [0.2, 0.25) is 5.91 Å². The van der Waals surface area contributed by atoms with Gasteiger partial charge in [-0.05, 0) is 62.2 Å². The van der Waals surface area contributed by atoms with Crippen molar-refractivity contribution in [3.63, 3.8) is 0 Å². The van der Waals surface area contributed by atoms with Crippen LogP contribution in [0.4, 0.5) is 5.82 Å². The van der Waals surface area contributed by atoms with Crippen LogP contribution in [0.3, 0.4) is 0 Å². The fourth-order valence-electron chi connectivity index (χ4n) is 4.52. The van der Waals surface area contributed by atoms with Crippen LogP contribution in [-0.4, -0.2) is 50.2 Å². The summed E-state index contributed by atoms with van der Waals surface area (Å²) in [6.45, 7) is 7.71. The molecule has 3 heterocycles. The normalized spacial score (nSPS) is 15.7. The molecule has 5 rings (SSSR count). The van der Waals surface area contributed by atoms with Crippen molar-refractivity contribution in [3.8, 4) is 22.8 Å². The number of ether oxygens (including phenoxy) is 1. The van der Waals surface area contributed by atoms with Crippen molar-refractivity contribution in [2.75, 3.05) is 25.0 Å². The first-order chi connectivity index (χ1) is 17.2. The minimum atomic E-state index is -0.0524. The molecule has 178 valence electrons. The molecule has 0 spiro atoms. The minimum absolute atomic E-state index is 0.0222. The third-order valence-corrected chi connectivity index (χ3v) is 6.17. The highest BCUT2D eigenvalue weighted by Crippen LogP contribution is 2.35. The Morgan fingerprint density at radius 3 is 2.66 bits per heavy atom. The van der Waals surface area contributed by atoms with E-state index in [1.165, 1.54) is 6.08 Å². The van der Waals surface area contributed by atoms with E-state index in [0.29, 0.717) is 6.54 Å². The summed E-state index contributed by atoms with van der Waals surface area (Å²) in [5.41, 5.74) is 2.50. The van der Waals surface area contributed by atoms with Crippen LogP contribution in [0.5, 0.6) is 11.5 Å². The second kappa shape index (κ2) is 9.97. The largest absolute Gasteiger partial charge is 0.457 e. The number of nitrogens with zero attached hydrogens (tertiary/aromatic N) is 5. The van der Waals surface area contributed by atoms with E-state index in [1.807, 2.05) is 71.1 Å². The maximum Gasteiger partial charge on any atom is 0.246 e. The number of nitrogens with one attached hydrogen (secondary N) is 1. The van der Waals surface area contributed by atoms with Crippen LogP contribution >= 0.6 is 0 Å². The summed E-state index contributed by atoms with van der Waals surface area (Å²) in [6.07, 6.45) is 4.76. The quantitative estimate of drug-likeness (QED) is 0.381. The van der Waals surface area contributed by atoms with Gasteiger partial charge < -0.3 is 15.0 Å². The zero-order valence-corrected chi connectivity index (χ0v) is 19.7. The number of carbonyl (C=O) groups is 1. The number of benzene rings is 2. The van der Waals surface area contributed by atoms with Gasteiger partial charge in [0.15, 0.2) is 5.65 Å². The number of carbonyl (C=O) groups excluding carboxylic acids is 1. The molecule has 0 unspecified atom stereocenters. The summed E-state index contributed by atoms with van der Waals surface area (Å²) in [7, 11) is 0. The molecule has 1 saturated heterocycles. The van der Waals surface area contributed by atoms with Gasteiger partial charge in [0, 0.05) is 25.2 Å². The Kier molecular flexibility index (Phi) is 6.43. The molecule has 2 aromatic carbocycles. The van der Waals surface area contributed by atoms with E-state index < -0.39 is 0 Å². The van der Waals surface area contributed by atoms with Crippen LogP contribution in [-0.2, 0) is 4.79 Å². The predicted octanol–water partition coefficient (Wildman–Crippen LogP) is 5.07. The fourth-order valence-corrected chi connectivity index (χ4v) is 4.52. The topological polar surface area (TPSA) is 85.2 Å². The highest BCUT2D eigenvalue weighted by atomic mass is 16.5. The summed E-state index contributed by atoms with van der Waals surface area (Å²) in [5, 5.41) is 9.25. The molecule has 1 aliphatic rings. The van der Waals surface area contributed by atoms with Crippen LogP contribution in [0.15, 0.2) is 73.6 Å². The number of piperidine rings is 1. The SMILES string of the molecule is C=CC(=O)N1CCC[C@@H](n2nc(-c3ccc(Oc4ccccc4)cc3)c3c(NCC)ncnc32)C1. The van der Waals surface area contributed by atoms with Gasteiger partial charge >= 0.3 is 0 Å². The standard InChI is InChI=1S/C27H28N6O2/c1-3-23(34)32-16-8-9-20(17-32)33-27-24(26(28-4-2)29-18-30-27)25(31-33)19-12-14-22(15-13-19)35-21-10-6-5-7-11-21/h3,5-7,10-15,18,20H,1,4,8-9,16-17H2,2H3,(H,28,29,30)/t20-/m1/s1. The summed E-state index contributed by atoms with van der Waals surface area (Å²) in [5.74, 6) is 2.23. The first-order valence-electron chi connectivity index (χ1n) is 11.9. The van der Waals surface area contributed by atoms with Gasteiger partial charge in [-0.15, -0.1) is 0 Å². The lowest BCUT2D eigenvalue weighted by atomic mass is 10.1. The number of amides is 1. The second-order valence-corrected chi connectivity index (χ2v) is 8.47. The van der Waals surface area contributed by atoms with Crippen LogP contribution in [0.25, 0.3) is 22.3 Å². The summed E-state index contributed by atoms with van der Waals surface area (Å²) in [4.78, 5) is 23.2.